The second kappa shape index (κ2) is 7.56. The first kappa shape index (κ1) is 17.7. The van der Waals surface area contributed by atoms with E-state index in [1.807, 2.05) is 31.2 Å². The van der Waals surface area contributed by atoms with Gasteiger partial charge in [0.2, 0.25) is 15.9 Å². The van der Waals surface area contributed by atoms with Crippen LogP contribution in [0.25, 0.3) is 0 Å². The maximum Gasteiger partial charge on any atom is 0.221 e. The highest BCUT2D eigenvalue weighted by Crippen LogP contribution is 2.06. The molecule has 0 radical (unpaired) electrons. The van der Waals surface area contributed by atoms with E-state index >= 15 is 0 Å². The molecule has 0 aliphatic rings. The van der Waals surface area contributed by atoms with Crippen LogP contribution in [0.5, 0.6) is 0 Å². The molecule has 0 saturated carbocycles. The average Bonchev–Trinajstić information content (AvgIpc) is 2.34. The second-order valence-electron chi connectivity index (χ2n) is 5.48. The summed E-state index contributed by atoms with van der Waals surface area (Å²) in [6.07, 6.45) is 1.33. The molecule has 6 heteroatoms. The van der Waals surface area contributed by atoms with Gasteiger partial charge >= 0.3 is 0 Å². The zero-order chi connectivity index (χ0) is 16.0. The van der Waals surface area contributed by atoms with Crippen LogP contribution in [-0.4, -0.2) is 37.5 Å². The van der Waals surface area contributed by atoms with Gasteiger partial charge in [0, 0.05) is 25.6 Å². The number of hydrogen-bond donors (Lipinski definition) is 1. The molecule has 0 saturated heterocycles. The number of amides is 1. The molecular formula is C15H24N2O3S. The van der Waals surface area contributed by atoms with Gasteiger partial charge in [0.25, 0.3) is 0 Å². The standard InChI is InChI=1S/C15H24N2O3S/c1-12(2)17(21(4,19)20)9-8-15(18)16-11-14-7-5-6-13(3)10-14/h5-7,10,12H,8-9,11H2,1-4H3,(H,16,18). The molecule has 0 heterocycles. The van der Waals surface area contributed by atoms with Gasteiger partial charge in [-0.3, -0.25) is 4.79 Å². The van der Waals surface area contributed by atoms with Crippen molar-refractivity contribution in [3.8, 4) is 0 Å². The molecule has 0 unspecified atom stereocenters. The molecule has 1 N–H and O–H groups in total. The fraction of sp³-hybridized carbons (Fsp3) is 0.533. The van der Waals surface area contributed by atoms with Crippen LogP contribution >= 0.6 is 0 Å². The summed E-state index contributed by atoms with van der Waals surface area (Å²) in [5, 5.41) is 2.81. The smallest absolute Gasteiger partial charge is 0.221 e. The van der Waals surface area contributed by atoms with Crippen molar-refractivity contribution >= 4 is 15.9 Å². The highest BCUT2D eigenvalue weighted by Gasteiger charge is 2.20. The van der Waals surface area contributed by atoms with Gasteiger partial charge in [-0.15, -0.1) is 0 Å². The molecule has 0 spiro atoms. The topological polar surface area (TPSA) is 66.5 Å². The summed E-state index contributed by atoms with van der Waals surface area (Å²) in [5.74, 6) is -0.147. The van der Waals surface area contributed by atoms with Gasteiger partial charge in [-0.2, -0.15) is 4.31 Å². The van der Waals surface area contributed by atoms with Crippen molar-refractivity contribution < 1.29 is 13.2 Å². The quantitative estimate of drug-likeness (QED) is 0.833. The van der Waals surface area contributed by atoms with Crippen molar-refractivity contribution in [1.82, 2.24) is 9.62 Å². The molecule has 1 aromatic carbocycles. The molecule has 1 rings (SSSR count). The van der Waals surface area contributed by atoms with Gasteiger partial charge in [0.1, 0.15) is 0 Å². The summed E-state index contributed by atoms with van der Waals surface area (Å²) in [6.45, 7) is 6.26. The van der Waals surface area contributed by atoms with E-state index in [2.05, 4.69) is 5.32 Å². The number of aryl methyl sites for hydroxylation is 1. The van der Waals surface area contributed by atoms with Crippen molar-refractivity contribution in [3.05, 3.63) is 35.4 Å². The molecule has 0 aromatic heterocycles. The third-order valence-electron chi connectivity index (χ3n) is 3.13. The van der Waals surface area contributed by atoms with E-state index in [0.717, 1.165) is 17.4 Å². The van der Waals surface area contributed by atoms with Gasteiger partial charge in [0.05, 0.1) is 6.26 Å². The number of benzene rings is 1. The Kier molecular flexibility index (Phi) is 6.36. The zero-order valence-corrected chi connectivity index (χ0v) is 13.9. The highest BCUT2D eigenvalue weighted by molar-refractivity contribution is 7.88. The summed E-state index contributed by atoms with van der Waals surface area (Å²) < 4.78 is 24.5. The summed E-state index contributed by atoms with van der Waals surface area (Å²) >= 11 is 0. The molecule has 118 valence electrons. The monoisotopic (exact) mass is 312 g/mol. The summed E-state index contributed by atoms with van der Waals surface area (Å²) in [7, 11) is -3.28. The Morgan fingerprint density at radius 2 is 2.00 bits per heavy atom. The van der Waals surface area contributed by atoms with Gasteiger partial charge in [-0.1, -0.05) is 29.8 Å². The molecule has 0 fully saturated rings. The van der Waals surface area contributed by atoms with Crippen LogP contribution < -0.4 is 5.32 Å². The van der Waals surface area contributed by atoms with Crippen molar-refractivity contribution in [3.63, 3.8) is 0 Å². The number of carbonyl (C=O) groups is 1. The minimum absolute atomic E-state index is 0.147. The van der Waals surface area contributed by atoms with Crippen LogP contribution in [0.2, 0.25) is 0 Å². The maximum absolute atomic E-state index is 11.8. The number of nitrogens with zero attached hydrogens (tertiary/aromatic N) is 1. The number of carbonyl (C=O) groups excluding carboxylic acids is 1. The van der Waals surface area contributed by atoms with E-state index in [-0.39, 0.29) is 24.9 Å². The van der Waals surface area contributed by atoms with Crippen LogP contribution in [0.1, 0.15) is 31.4 Å². The van der Waals surface area contributed by atoms with Crippen LogP contribution in [0, 0.1) is 6.92 Å². The maximum atomic E-state index is 11.8. The van der Waals surface area contributed by atoms with E-state index < -0.39 is 10.0 Å². The van der Waals surface area contributed by atoms with E-state index in [1.54, 1.807) is 13.8 Å². The third kappa shape index (κ3) is 6.27. The molecule has 1 aromatic rings. The number of nitrogens with one attached hydrogen (secondary N) is 1. The molecule has 21 heavy (non-hydrogen) atoms. The number of rotatable bonds is 7. The Bertz CT molecular complexity index is 582. The van der Waals surface area contributed by atoms with E-state index in [9.17, 15) is 13.2 Å². The van der Waals surface area contributed by atoms with Gasteiger partial charge in [-0.05, 0) is 26.3 Å². The predicted octanol–water partition coefficient (Wildman–Crippen LogP) is 1.67. The molecule has 0 bridgehead atoms. The summed E-state index contributed by atoms with van der Waals surface area (Å²) in [6, 6.07) is 7.75. The molecule has 5 nitrogen and oxygen atoms in total. The SMILES string of the molecule is Cc1cccc(CNC(=O)CCN(C(C)C)S(C)(=O)=O)c1. The number of hydrogen-bond acceptors (Lipinski definition) is 3. The first-order valence-corrected chi connectivity index (χ1v) is 8.84. The molecule has 0 aliphatic carbocycles. The lowest BCUT2D eigenvalue weighted by Gasteiger charge is -2.23. The normalized spacial score (nSPS) is 11.9. The first-order chi connectivity index (χ1) is 9.70. The minimum Gasteiger partial charge on any atom is -0.352 e. The first-order valence-electron chi connectivity index (χ1n) is 6.99. The largest absolute Gasteiger partial charge is 0.352 e. The Balaban J connectivity index is 2.47. The van der Waals surface area contributed by atoms with E-state index in [1.165, 1.54) is 4.31 Å². The van der Waals surface area contributed by atoms with Crippen molar-refractivity contribution in [2.45, 2.75) is 39.8 Å². The Morgan fingerprint density at radius 1 is 1.33 bits per heavy atom. The lowest BCUT2D eigenvalue weighted by Crippen LogP contribution is -2.39. The highest BCUT2D eigenvalue weighted by atomic mass is 32.2. The number of sulfonamides is 1. The van der Waals surface area contributed by atoms with Gasteiger partial charge in [-0.25, -0.2) is 8.42 Å². The van der Waals surface area contributed by atoms with Crippen molar-refractivity contribution in [2.24, 2.45) is 0 Å². The van der Waals surface area contributed by atoms with Gasteiger partial charge < -0.3 is 5.32 Å². The average molecular weight is 312 g/mol. The Labute approximate surface area is 127 Å². The zero-order valence-electron chi connectivity index (χ0n) is 13.1. The van der Waals surface area contributed by atoms with Crippen LogP contribution in [0.4, 0.5) is 0 Å². The molecular weight excluding hydrogens is 288 g/mol. The second-order valence-corrected chi connectivity index (χ2v) is 7.42. The van der Waals surface area contributed by atoms with E-state index in [4.69, 9.17) is 0 Å². The predicted molar refractivity (Wildman–Crippen MR) is 84.3 cm³/mol. The molecule has 0 atom stereocenters. The fourth-order valence-electron chi connectivity index (χ4n) is 2.13. The fourth-order valence-corrected chi connectivity index (χ4v) is 3.32. The lowest BCUT2D eigenvalue weighted by molar-refractivity contribution is -0.121. The van der Waals surface area contributed by atoms with Crippen LogP contribution in [-0.2, 0) is 21.4 Å². The third-order valence-corrected chi connectivity index (χ3v) is 4.59. The van der Waals surface area contributed by atoms with Crippen molar-refractivity contribution in [1.29, 1.82) is 0 Å². The van der Waals surface area contributed by atoms with Crippen LogP contribution in [0.15, 0.2) is 24.3 Å². The molecule has 0 aliphatic heterocycles. The molecule has 1 amide bonds. The Morgan fingerprint density at radius 3 is 2.52 bits per heavy atom. The summed E-state index contributed by atoms with van der Waals surface area (Å²) in [5.41, 5.74) is 2.18. The van der Waals surface area contributed by atoms with Gasteiger partial charge in [0.15, 0.2) is 0 Å². The minimum atomic E-state index is -3.28. The lowest BCUT2D eigenvalue weighted by atomic mass is 10.1. The summed E-state index contributed by atoms with van der Waals surface area (Å²) in [4.78, 5) is 11.8. The van der Waals surface area contributed by atoms with Crippen molar-refractivity contribution in [2.75, 3.05) is 12.8 Å². The Hall–Kier alpha value is -1.40. The van der Waals surface area contributed by atoms with Crippen LogP contribution in [0.3, 0.4) is 0 Å². The van der Waals surface area contributed by atoms with E-state index in [0.29, 0.717) is 6.54 Å².